The zero-order valence-electron chi connectivity index (χ0n) is 11.8. The molecule has 0 heterocycles. The fraction of sp³-hybridized carbons (Fsp3) is 0.400. The minimum atomic E-state index is -2.80. The van der Waals surface area contributed by atoms with E-state index in [0.717, 1.165) is 5.56 Å². The van der Waals surface area contributed by atoms with Crippen LogP contribution in [0.4, 0.5) is 8.78 Å². The Balaban J connectivity index is 0. The van der Waals surface area contributed by atoms with E-state index in [-0.39, 0.29) is 11.5 Å². The monoisotopic (exact) mass is 272 g/mol. The molecule has 0 aromatic heterocycles. The maximum atomic E-state index is 11.8. The first-order valence-electron chi connectivity index (χ1n) is 6.11. The van der Waals surface area contributed by atoms with Crippen LogP contribution in [0.2, 0.25) is 0 Å². The standard InChI is InChI=1S/C11H12F2O2.C2H6.C2H4/c1-8(14)2-3-9-4-6-10(7-5-9)15-11(12)13;2*1-2/h4-7,11H,2-3H2,1H3;1-2H3;1-2H2. The van der Waals surface area contributed by atoms with Crippen molar-refractivity contribution in [2.24, 2.45) is 0 Å². The predicted octanol–water partition coefficient (Wildman–Crippen LogP) is 4.64. The van der Waals surface area contributed by atoms with Gasteiger partial charge in [0.2, 0.25) is 0 Å². The average molecular weight is 272 g/mol. The molecule has 0 N–H and O–H groups in total. The molecule has 0 radical (unpaired) electrons. The van der Waals surface area contributed by atoms with Gasteiger partial charge in [-0.15, -0.1) is 13.2 Å². The third-order valence-electron chi connectivity index (χ3n) is 1.91. The van der Waals surface area contributed by atoms with Gasteiger partial charge in [0.05, 0.1) is 0 Å². The van der Waals surface area contributed by atoms with Crippen molar-refractivity contribution in [3.05, 3.63) is 43.0 Å². The Hall–Kier alpha value is -1.71. The van der Waals surface area contributed by atoms with Gasteiger partial charge in [-0.1, -0.05) is 26.0 Å². The number of carbonyl (C=O) groups is 1. The Morgan fingerprint density at radius 3 is 2.05 bits per heavy atom. The number of hydrogen-bond acceptors (Lipinski definition) is 2. The summed E-state index contributed by atoms with van der Waals surface area (Å²) in [4.78, 5) is 10.7. The second kappa shape index (κ2) is 12.7. The van der Waals surface area contributed by atoms with Crippen molar-refractivity contribution in [2.75, 3.05) is 0 Å². The number of benzene rings is 1. The highest BCUT2D eigenvalue weighted by Gasteiger charge is 2.03. The molecule has 0 atom stereocenters. The molecule has 2 nitrogen and oxygen atoms in total. The van der Waals surface area contributed by atoms with Crippen LogP contribution in [0, 0.1) is 0 Å². The number of carbonyl (C=O) groups excluding carboxylic acids is 1. The highest BCUT2D eigenvalue weighted by Crippen LogP contribution is 2.15. The van der Waals surface area contributed by atoms with Gasteiger partial charge in [-0.2, -0.15) is 8.78 Å². The van der Waals surface area contributed by atoms with Gasteiger partial charge in [0.25, 0.3) is 0 Å². The summed E-state index contributed by atoms with van der Waals surface area (Å²) in [5.41, 5.74) is 0.937. The van der Waals surface area contributed by atoms with Gasteiger partial charge in [-0.3, -0.25) is 0 Å². The lowest BCUT2D eigenvalue weighted by molar-refractivity contribution is -0.116. The number of Topliss-reactive ketones (excluding diaryl/α,β-unsaturated/α-hetero) is 1. The first-order valence-corrected chi connectivity index (χ1v) is 6.11. The van der Waals surface area contributed by atoms with Crippen molar-refractivity contribution < 1.29 is 18.3 Å². The normalized spacial score (nSPS) is 8.74. The van der Waals surface area contributed by atoms with Gasteiger partial charge in [0.15, 0.2) is 0 Å². The molecule has 0 spiro atoms. The van der Waals surface area contributed by atoms with Crippen LogP contribution in [-0.2, 0) is 11.2 Å². The van der Waals surface area contributed by atoms with E-state index in [1.807, 2.05) is 13.8 Å². The second-order valence-electron chi connectivity index (χ2n) is 3.22. The summed E-state index contributed by atoms with van der Waals surface area (Å²) in [6.45, 7) is 8.72. The molecule has 108 valence electrons. The van der Waals surface area contributed by atoms with Crippen LogP contribution in [0.1, 0.15) is 32.8 Å². The lowest BCUT2D eigenvalue weighted by atomic mass is 10.1. The number of ketones is 1. The van der Waals surface area contributed by atoms with Gasteiger partial charge in [-0.25, -0.2) is 0 Å². The molecule has 0 saturated heterocycles. The van der Waals surface area contributed by atoms with Crippen LogP contribution in [0.15, 0.2) is 37.4 Å². The number of halogens is 2. The molecule has 4 heteroatoms. The fourth-order valence-corrected chi connectivity index (χ4v) is 1.16. The molecule has 0 unspecified atom stereocenters. The summed E-state index contributed by atoms with van der Waals surface area (Å²) in [6.07, 6.45) is 1.10. The van der Waals surface area contributed by atoms with E-state index in [0.29, 0.717) is 12.8 Å². The van der Waals surface area contributed by atoms with E-state index < -0.39 is 6.61 Å². The van der Waals surface area contributed by atoms with Gasteiger partial charge < -0.3 is 9.53 Å². The minimum absolute atomic E-state index is 0.114. The summed E-state index contributed by atoms with van der Waals surface area (Å²) in [6, 6.07) is 6.31. The number of alkyl halides is 2. The Bertz CT molecular complexity index is 335. The number of hydrogen-bond donors (Lipinski definition) is 0. The lowest BCUT2D eigenvalue weighted by Gasteiger charge is -2.05. The van der Waals surface area contributed by atoms with E-state index >= 15 is 0 Å². The Labute approximate surface area is 114 Å². The predicted molar refractivity (Wildman–Crippen MR) is 74.7 cm³/mol. The van der Waals surface area contributed by atoms with E-state index in [9.17, 15) is 13.6 Å². The summed E-state index contributed by atoms with van der Waals surface area (Å²) in [7, 11) is 0. The molecular formula is C15H22F2O2. The maximum absolute atomic E-state index is 11.8. The molecule has 19 heavy (non-hydrogen) atoms. The van der Waals surface area contributed by atoms with Crippen LogP contribution in [0.25, 0.3) is 0 Å². The molecule has 1 aromatic carbocycles. The van der Waals surface area contributed by atoms with Crippen LogP contribution in [0.3, 0.4) is 0 Å². The Morgan fingerprint density at radius 1 is 1.21 bits per heavy atom. The zero-order chi connectivity index (χ0) is 15.3. The largest absolute Gasteiger partial charge is 0.435 e. The molecule has 0 saturated carbocycles. The van der Waals surface area contributed by atoms with E-state index in [1.54, 1.807) is 12.1 Å². The van der Waals surface area contributed by atoms with Gasteiger partial charge in [0.1, 0.15) is 11.5 Å². The van der Waals surface area contributed by atoms with Gasteiger partial charge >= 0.3 is 6.61 Å². The molecule has 0 bridgehead atoms. The zero-order valence-corrected chi connectivity index (χ0v) is 11.8. The highest BCUT2D eigenvalue weighted by molar-refractivity contribution is 5.75. The first kappa shape index (κ1) is 19.6. The van der Waals surface area contributed by atoms with Crippen LogP contribution in [-0.4, -0.2) is 12.4 Å². The van der Waals surface area contributed by atoms with Crippen molar-refractivity contribution in [3.8, 4) is 5.75 Å². The topological polar surface area (TPSA) is 26.3 Å². The molecule has 0 aliphatic heterocycles. The average Bonchev–Trinajstić information content (AvgIpc) is 2.42. The van der Waals surface area contributed by atoms with E-state index in [1.165, 1.54) is 19.1 Å². The van der Waals surface area contributed by atoms with E-state index in [4.69, 9.17) is 0 Å². The first-order chi connectivity index (χ1) is 9.08. The molecule has 1 rings (SSSR count). The lowest BCUT2D eigenvalue weighted by Crippen LogP contribution is -2.01. The summed E-state index contributed by atoms with van der Waals surface area (Å²) >= 11 is 0. The van der Waals surface area contributed by atoms with Gasteiger partial charge in [-0.05, 0) is 31.0 Å². The molecule has 0 aliphatic carbocycles. The Morgan fingerprint density at radius 2 is 1.68 bits per heavy atom. The van der Waals surface area contributed by atoms with Crippen molar-refractivity contribution in [2.45, 2.75) is 40.2 Å². The maximum Gasteiger partial charge on any atom is 0.387 e. The molecule has 0 aliphatic rings. The van der Waals surface area contributed by atoms with Crippen molar-refractivity contribution in [1.82, 2.24) is 0 Å². The van der Waals surface area contributed by atoms with E-state index in [2.05, 4.69) is 17.9 Å². The van der Waals surface area contributed by atoms with Gasteiger partial charge in [0, 0.05) is 6.42 Å². The Kier molecular flexibility index (Phi) is 13.2. The third-order valence-corrected chi connectivity index (χ3v) is 1.91. The van der Waals surface area contributed by atoms with Crippen LogP contribution >= 0.6 is 0 Å². The van der Waals surface area contributed by atoms with Crippen molar-refractivity contribution in [1.29, 1.82) is 0 Å². The molecule has 1 aromatic rings. The fourth-order valence-electron chi connectivity index (χ4n) is 1.16. The van der Waals surface area contributed by atoms with Crippen LogP contribution in [0.5, 0.6) is 5.75 Å². The number of rotatable bonds is 5. The van der Waals surface area contributed by atoms with Crippen LogP contribution < -0.4 is 4.74 Å². The SMILES string of the molecule is C=C.CC.CC(=O)CCc1ccc(OC(F)F)cc1. The molecular weight excluding hydrogens is 250 g/mol. The third kappa shape index (κ3) is 11.1. The van der Waals surface area contributed by atoms with Crippen molar-refractivity contribution in [3.63, 3.8) is 0 Å². The quantitative estimate of drug-likeness (QED) is 0.730. The molecule has 0 fully saturated rings. The van der Waals surface area contributed by atoms with Crippen molar-refractivity contribution >= 4 is 5.78 Å². The summed E-state index contributed by atoms with van der Waals surface area (Å²) < 4.78 is 27.8. The second-order valence-corrected chi connectivity index (χ2v) is 3.22. The smallest absolute Gasteiger partial charge is 0.387 e. The molecule has 0 amide bonds. The summed E-state index contributed by atoms with van der Waals surface area (Å²) in [5.74, 6) is 0.250. The minimum Gasteiger partial charge on any atom is -0.435 e. The number of aryl methyl sites for hydroxylation is 1. The highest BCUT2D eigenvalue weighted by atomic mass is 19.3. The number of ether oxygens (including phenoxy) is 1. The summed E-state index contributed by atoms with van der Waals surface area (Å²) in [5, 5.41) is 0.